The molecule has 2 aliphatic rings. The molecule has 20 heavy (non-hydrogen) atoms. The van der Waals surface area contributed by atoms with Crippen molar-refractivity contribution in [2.75, 3.05) is 0 Å². The molecule has 3 heterocycles. The summed E-state index contributed by atoms with van der Waals surface area (Å²) in [6.45, 7) is 3.97. The van der Waals surface area contributed by atoms with Crippen LogP contribution in [0.15, 0.2) is 24.5 Å². The van der Waals surface area contributed by atoms with Crippen molar-refractivity contribution >= 4 is 5.91 Å². The van der Waals surface area contributed by atoms with Crippen LogP contribution in [0.2, 0.25) is 0 Å². The van der Waals surface area contributed by atoms with E-state index in [0.29, 0.717) is 18.0 Å². The molecule has 2 saturated heterocycles. The number of rotatable bonds is 3. The summed E-state index contributed by atoms with van der Waals surface area (Å²) in [5.74, 6) is 1.23. The zero-order valence-electron chi connectivity index (χ0n) is 12.2. The predicted molar refractivity (Wildman–Crippen MR) is 76.4 cm³/mol. The van der Waals surface area contributed by atoms with Gasteiger partial charge >= 0.3 is 0 Å². The van der Waals surface area contributed by atoms with Gasteiger partial charge < -0.3 is 9.64 Å². The van der Waals surface area contributed by atoms with Crippen LogP contribution in [0.4, 0.5) is 0 Å². The van der Waals surface area contributed by atoms with E-state index in [2.05, 4.69) is 9.88 Å². The number of amides is 1. The Kier molecular flexibility index (Phi) is 3.64. The highest BCUT2D eigenvalue weighted by Crippen LogP contribution is 2.38. The van der Waals surface area contributed by atoms with Crippen LogP contribution in [0.3, 0.4) is 0 Å². The maximum Gasteiger partial charge on any atom is 0.225 e. The maximum absolute atomic E-state index is 12.3. The van der Waals surface area contributed by atoms with Gasteiger partial charge in [0.05, 0.1) is 6.20 Å². The zero-order valence-corrected chi connectivity index (χ0v) is 12.2. The Labute approximate surface area is 120 Å². The Balaban J connectivity index is 1.66. The SMILES string of the molecule is CC(C)C(=O)N1C2CCC1CC(Oc1cccnc1)C2. The zero-order chi connectivity index (χ0) is 14.1. The van der Waals surface area contributed by atoms with Crippen LogP contribution in [-0.2, 0) is 4.79 Å². The minimum atomic E-state index is 0.0916. The van der Waals surface area contributed by atoms with Gasteiger partial charge in [0.2, 0.25) is 5.91 Å². The molecule has 0 aliphatic carbocycles. The molecule has 0 radical (unpaired) electrons. The number of carbonyl (C=O) groups excluding carboxylic acids is 1. The fraction of sp³-hybridized carbons (Fsp3) is 0.625. The van der Waals surface area contributed by atoms with Gasteiger partial charge in [-0.2, -0.15) is 0 Å². The second kappa shape index (κ2) is 5.43. The van der Waals surface area contributed by atoms with Crippen molar-refractivity contribution < 1.29 is 9.53 Å². The molecule has 2 aliphatic heterocycles. The molecule has 2 fully saturated rings. The summed E-state index contributed by atoms with van der Waals surface area (Å²) in [5.41, 5.74) is 0. The smallest absolute Gasteiger partial charge is 0.225 e. The summed E-state index contributed by atoms with van der Waals surface area (Å²) in [5, 5.41) is 0. The highest BCUT2D eigenvalue weighted by Gasteiger charge is 2.44. The Hall–Kier alpha value is -1.58. The molecule has 2 unspecified atom stereocenters. The van der Waals surface area contributed by atoms with Gasteiger partial charge in [-0.3, -0.25) is 9.78 Å². The molecule has 1 aromatic heterocycles. The maximum atomic E-state index is 12.3. The van der Waals surface area contributed by atoms with E-state index in [0.717, 1.165) is 31.4 Å². The van der Waals surface area contributed by atoms with Gasteiger partial charge in [-0.25, -0.2) is 0 Å². The molecule has 0 spiro atoms. The third-order valence-electron chi connectivity index (χ3n) is 4.38. The quantitative estimate of drug-likeness (QED) is 0.851. The van der Waals surface area contributed by atoms with Crippen LogP contribution in [0.5, 0.6) is 5.75 Å². The summed E-state index contributed by atoms with van der Waals surface area (Å²) in [7, 11) is 0. The summed E-state index contributed by atoms with van der Waals surface area (Å²) in [6.07, 6.45) is 7.86. The number of aromatic nitrogens is 1. The molecule has 108 valence electrons. The van der Waals surface area contributed by atoms with E-state index in [1.807, 2.05) is 26.0 Å². The van der Waals surface area contributed by atoms with Crippen molar-refractivity contribution in [2.45, 2.75) is 57.7 Å². The first-order chi connectivity index (χ1) is 9.65. The lowest BCUT2D eigenvalue weighted by atomic mass is 9.98. The summed E-state index contributed by atoms with van der Waals surface area (Å²) in [4.78, 5) is 18.5. The van der Waals surface area contributed by atoms with Crippen LogP contribution in [0.1, 0.15) is 39.5 Å². The number of nitrogens with zero attached hydrogens (tertiary/aromatic N) is 2. The van der Waals surface area contributed by atoms with Crippen molar-refractivity contribution in [3.63, 3.8) is 0 Å². The lowest BCUT2D eigenvalue weighted by Crippen LogP contribution is -2.50. The Morgan fingerprint density at radius 1 is 1.35 bits per heavy atom. The van der Waals surface area contributed by atoms with Crippen LogP contribution >= 0.6 is 0 Å². The Morgan fingerprint density at radius 2 is 2.05 bits per heavy atom. The van der Waals surface area contributed by atoms with Crippen molar-refractivity contribution in [1.29, 1.82) is 0 Å². The largest absolute Gasteiger partial charge is 0.489 e. The third kappa shape index (κ3) is 2.51. The monoisotopic (exact) mass is 274 g/mol. The Bertz CT molecular complexity index is 461. The van der Waals surface area contributed by atoms with Crippen molar-refractivity contribution in [1.82, 2.24) is 9.88 Å². The molecule has 0 N–H and O–H groups in total. The number of hydrogen-bond donors (Lipinski definition) is 0. The average molecular weight is 274 g/mol. The normalized spacial score (nSPS) is 28.8. The highest BCUT2D eigenvalue weighted by atomic mass is 16.5. The van der Waals surface area contributed by atoms with Crippen molar-refractivity contribution in [2.24, 2.45) is 5.92 Å². The predicted octanol–water partition coefficient (Wildman–Crippen LogP) is 2.64. The lowest BCUT2D eigenvalue weighted by Gasteiger charge is -2.39. The average Bonchev–Trinajstić information content (AvgIpc) is 2.70. The van der Waals surface area contributed by atoms with Crippen LogP contribution in [0, 0.1) is 5.92 Å². The third-order valence-corrected chi connectivity index (χ3v) is 4.38. The second-order valence-electron chi connectivity index (χ2n) is 6.19. The first kappa shape index (κ1) is 13.4. The van der Waals surface area contributed by atoms with E-state index in [-0.39, 0.29) is 12.0 Å². The topological polar surface area (TPSA) is 42.4 Å². The number of piperidine rings is 1. The second-order valence-corrected chi connectivity index (χ2v) is 6.19. The fourth-order valence-corrected chi connectivity index (χ4v) is 3.49. The van der Waals surface area contributed by atoms with Crippen LogP contribution in [-0.4, -0.2) is 34.0 Å². The molecule has 4 nitrogen and oxygen atoms in total. The minimum absolute atomic E-state index is 0.0916. The van der Waals surface area contributed by atoms with Crippen molar-refractivity contribution in [3.8, 4) is 5.75 Å². The highest BCUT2D eigenvalue weighted by molar-refractivity contribution is 5.79. The van der Waals surface area contributed by atoms with Gasteiger partial charge in [-0.05, 0) is 25.0 Å². The first-order valence-electron chi connectivity index (χ1n) is 7.54. The van der Waals surface area contributed by atoms with Gasteiger partial charge in [0.15, 0.2) is 0 Å². The van der Waals surface area contributed by atoms with Gasteiger partial charge in [0.25, 0.3) is 0 Å². The van der Waals surface area contributed by atoms with E-state index in [9.17, 15) is 4.79 Å². The molecule has 0 aromatic carbocycles. The molecule has 3 rings (SSSR count). The molecular formula is C16H22N2O2. The molecule has 0 saturated carbocycles. The molecular weight excluding hydrogens is 252 g/mol. The van der Waals surface area contributed by atoms with Gasteiger partial charge in [-0.15, -0.1) is 0 Å². The van der Waals surface area contributed by atoms with E-state index in [1.165, 1.54) is 0 Å². The lowest BCUT2D eigenvalue weighted by molar-refractivity contribution is -0.140. The number of ether oxygens (including phenoxy) is 1. The van der Waals surface area contributed by atoms with E-state index >= 15 is 0 Å². The molecule has 1 amide bonds. The van der Waals surface area contributed by atoms with Gasteiger partial charge in [0.1, 0.15) is 11.9 Å². The number of hydrogen-bond acceptors (Lipinski definition) is 3. The Morgan fingerprint density at radius 3 is 2.60 bits per heavy atom. The van der Waals surface area contributed by atoms with E-state index in [4.69, 9.17) is 4.74 Å². The fourth-order valence-electron chi connectivity index (χ4n) is 3.49. The first-order valence-corrected chi connectivity index (χ1v) is 7.54. The van der Waals surface area contributed by atoms with Crippen LogP contribution in [0.25, 0.3) is 0 Å². The van der Waals surface area contributed by atoms with Gasteiger partial charge in [-0.1, -0.05) is 13.8 Å². The summed E-state index contributed by atoms with van der Waals surface area (Å²) >= 11 is 0. The number of fused-ring (bicyclic) bond motifs is 2. The molecule has 2 atom stereocenters. The van der Waals surface area contributed by atoms with E-state index < -0.39 is 0 Å². The van der Waals surface area contributed by atoms with Gasteiger partial charge in [0, 0.05) is 37.0 Å². The molecule has 1 aromatic rings. The standard InChI is InChI=1S/C16H22N2O2/c1-11(2)16(19)18-12-5-6-13(18)9-15(8-12)20-14-4-3-7-17-10-14/h3-4,7,10-13,15H,5-6,8-9H2,1-2H3. The number of carbonyl (C=O) groups is 1. The van der Waals surface area contributed by atoms with E-state index in [1.54, 1.807) is 12.4 Å². The molecule has 2 bridgehead atoms. The minimum Gasteiger partial charge on any atom is -0.489 e. The van der Waals surface area contributed by atoms with Crippen LogP contribution < -0.4 is 4.74 Å². The van der Waals surface area contributed by atoms with Crippen molar-refractivity contribution in [3.05, 3.63) is 24.5 Å². The summed E-state index contributed by atoms with van der Waals surface area (Å²) in [6, 6.07) is 4.57. The summed E-state index contributed by atoms with van der Waals surface area (Å²) < 4.78 is 6.02. The number of pyridine rings is 1. The molecule has 4 heteroatoms.